The first-order chi connectivity index (χ1) is 22.8. The van der Waals surface area contributed by atoms with Crippen molar-refractivity contribution in [3.8, 4) is 28.7 Å². The van der Waals surface area contributed by atoms with Crippen LogP contribution in [0.15, 0.2) is 146 Å². The maximum absolute atomic E-state index is 5.24. The molecule has 0 bridgehead atoms. The van der Waals surface area contributed by atoms with Crippen molar-refractivity contribution < 1.29 is 0 Å². The van der Waals surface area contributed by atoms with Gasteiger partial charge in [-0.3, -0.25) is 4.57 Å². The van der Waals surface area contributed by atoms with Gasteiger partial charge in [-0.15, -0.1) is 11.3 Å². The van der Waals surface area contributed by atoms with E-state index in [0.717, 1.165) is 32.9 Å². The molecule has 0 aliphatic rings. The summed E-state index contributed by atoms with van der Waals surface area (Å²) in [6.45, 7) is 0. The molecule has 3 heterocycles. The molecule has 0 aliphatic carbocycles. The molecule has 4 nitrogen and oxygen atoms in total. The van der Waals surface area contributed by atoms with Gasteiger partial charge in [0.2, 0.25) is 5.95 Å². The van der Waals surface area contributed by atoms with E-state index in [-0.39, 0.29) is 0 Å². The van der Waals surface area contributed by atoms with Gasteiger partial charge in [0.1, 0.15) is 0 Å². The van der Waals surface area contributed by atoms with E-state index < -0.39 is 0 Å². The van der Waals surface area contributed by atoms with Crippen LogP contribution in [-0.2, 0) is 0 Å². The molecule has 214 valence electrons. The second-order valence-corrected chi connectivity index (χ2v) is 12.7. The number of thiophene rings is 1. The Labute approximate surface area is 267 Å². The monoisotopic (exact) mass is 604 g/mol. The molecule has 10 aromatic rings. The molecule has 5 heteroatoms. The quantitative estimate of drug-likeness (QED) is 0.201. The van der Waals surface area contributed by atoms with Crippen molar-refractivity contribution in [1.29, 1.82) is 0 Å². The third-order valence-corrected chi connectivity index (χ3v) is 10.2. The zero-order chi connectivity index (χ0) is 30.2. The van der Waals surface area contributed by atoms with Gasteiger partial charge in [0, 0.05) is 42.1 Å². The number of fused-ring (bicyclic) bond motifs is 9. The Hall–Kier alpha value is -5.91. The lowest BCUT2D eigenvalue weighted by Crippen LogP contribution is -2.06. The van der Waals surface area contributed by atoms with Gasteiger partial charge in [0.15, 0.2) is 11.6 Å². The summed E-state index contributed by atoms with van der Waals surface area (Å²) in [5.41, 5.74) is 4.09. The molecule has 3 aromatic heterocycles. The van der Waals surface area contributed by atoms with Gasteiger partial charge >= 0.3 is 0 Å². The molecule has 0 atom stereocenters. The van der Waals surface area contributed by atoms with Crippen LogP contribution in [0.25, 0.3) is 92.2 Å². The van der Waals surface area contributed by atoms with E-state index in [9.17, 15) is 0 Å². The summed E-state index contributed by atoms with van der Waals surface area (Å²) in [6.07, 6.45) is 0. The molecule has 0 N–H and O–H groups in total. The lowest BCUT2D eigenvalue weighted by Gasteiger charge is -2.12. The average Bonchev–Trinajstić information content (AvgIpc) is 3.67. The van der Waals surface area contributed by atoms with Crippen molar-refractivity contribution in [2.24, 2.45) is 0 Å². The van der Waals surface area contributed by atoms with Crippen LogP contribution in [0, 0.1) is 0 Å². The number of rotatable bonds is 3. The summed E-state index contributed by atoms with van der Waals surface area (Å²) in [6, 6.07) is 51.4. The molecular weight excluding hydrogens is 581 g/mol. The number of hydrogen-bond acceptors (Lipinski definition) is 4. The number of benzene rings is 7. The predicted octanol–water partition coefficient (Wildman–Crippen LogP) is 11.0. The van der Waals surface area contributed by atoms with Gasteiger partial charge < -0.3 is 0 Å². The normalized spacial score (nSPS) is 11.9. The van der Waals surface area contributed by atoms with Crippen molar-refractivity contribution in [2.75, 3.05) is 0 Å². The van der Waals surface area contributed by atoms with E-state index in [2.05, 4.69) is 150 Å². The highest BCUT2D eigenvalue weighted by Crippen LogP contribution is 2.39. The van der Waals surface area contributed by atoms with Gasteiger partial charge in [-0.1, -0.05) is 121 Å². The fraction of sp³-hybridized carbons (Fsp3) is 0. The van der Waals surface area contributed by atoms with E-state index in [4.69, 9.17) is 15.0 Å². The van der Waals surface area contributed by atoms with Gasteiger partial charge in [0.25, 0.3) is 0 Å². The Balaban J connectivity index is 1.29. The number of nitrogens with zero attached hydrogens (tertiary/aromatic N) is 4. The minimum Gasteiger partial charge on any atom is -0.278 e. The summed E-state index contributed by atoms with van der Waals surface area (Å²) in [5.74, 6) is 1.91. The first-order valence-corrected chi connectivity index (χ1v) is 16.2. The highest BCUT2D eigenvalue weighted by molar-refractivity contribution is 7.25. The minimum atomic E-state index is 0.603. The largest absolute Gasteiger partial charge is 0.278 e. The van der Waals surface area contributed by atoms with Gasteiger partial charge in [0.05, 0.1) is 11.0 Å². The minimum absolute atomic E-state index is 0.603. The second-order valence-electron chi connectivity index (χ2n) is 11.7. The lowest BCUT2D eigenvalue weighted by atomic mass is 10.0. The zero-order valence-corrected chi connectivity index (χ0v) is 25.4. The SMILES string of the molecule is c1ccc2c(-c3nc(-c4ccc5c(c4)sc4ccccc45)nc(-n4c5ccccc5c5c6ccccc6ccc54)n3)cccc2c1. The zero-order valence-electron chi connectivity index (χ0n) is 24.6. The third-order valence-electron chi connectivity index (χ3n) is 9.05. The van der Waals surface area contributed by atoms with Crippen molar-refractivity contribution in [2.45, 2.75) is 0 Å². The number of para-hydroxylation sites is 1. The molecule has 0 radical (unpaired) electrons. The molecule has 0 spiro atoms. The molecular formula is C41H24N4S. The van der Waals surface area contributed by atoms with Crippen molar-refractivity contribution in [1.82, 2.24) is 19.5 Å². The van der Waals surface area contributed by atoms with Crippen LogP contribution in [0.4, 0.5) is 0 Å². The van der Waals surface area contributed by atoms with Crippen molar-refractivity contribution >= 4 is 74.9 Å². The average molecular weight is 605 g/mol. The summed E-state index contributed by atoms with van der Waals surface area (Å²) >= 11 is 1.80. The highest BCUT2D eigenvalue weighted by atomic mass is 32.1. The van der Waals surface area contributed by atoms with Crippen LogP contribution in [0.3, 0.4) is 0 Å². The van der Waals surface area contributed by atoms with Crippen LogP contribution >= 0.6 is 11.3 Å². The van der Waals surface area contributed by atoms with Crippen LogP contribution < -0.4 is 0 Å². The molecule has 0 saturated carbocycles. The molecule has 0 fully saturated rings. The Morgan fingerprint density at radius 3 is 2.00 bits per heavy atom. The third kappa shape index (κ3) is 3.76. The van der Waals surface area contributed by atoms with Crippen LogP contribution in [0.2, 0.25) is 0 Å². The Morgan fingerprint density at radius 1 is 0.435 bits per heavy atom. The van der Waals surface area contributed by atoms with Crippen molar-refractivity contribution in [3.63, 3.8) is 0 Å². The molecule has 0 saturated heterocycles. The van der Waals surface area contributed by atoms with Crippen LogP contribution in [0.5, 0.6) is 0 Å². The Kier molecular flexibility index (Phi) is 5.41. The smallest absolute Gasteiger partial charge is 0.238 e. The fourth-order valence-corrected chi connectivity index (χ4v) is 8.10. The van der Waals surface area contributed by atoms with Gasteiger partial charge in [-0.2, -0.15) is 9.97 Å². The van der Waals surface area contributed by atoms with E-state index >= 15 is 0 Å². The maximum atomic E-state index is 5.24. The summed E-state index contributed by atoms with van der Waals surface area (Å²) < 4.78 is 4.70. The molecule has 0 amide bonds. The summed E-state index contributed by atoms with van der Waals surface area (Å²) in [7, 11) is 0. The van der Waals surface area contributed by atoms with E-state index in [0.29, 0.717) is 17.6 Å². The molecule has 46 heavy (non-hydrogen) atoms. The highest BCUT2D eigenvalue weighted by Gasteiger charge is 2.20. The second kappa shape index (κ2) is 9.80. The Bertz CT molecular complexity index is 2820. The predicted molar refractivity (Wildman–Crippen MR) is 193 cm³/mol. The standard InChI is InChI=1S/C41H24N4S/c1-3-13-28-25(10-1)12-9-17-32(28)40-42-39(27-20-22-31-30-15-6-8-19-36(30)46-37(31)24-27)43-41(44-40)45-34-18-7-5-16-33(34)38-29-14-4-2-11-26(29)21-23-35(38)45/h1-24H. The lowest BCUT2D eigenvalue weighted by molar-refractivity contribution is 0.955. The topological polar surface area (TPSA) is 43.6 Å². The molecule has 0 aliphatic heterocycles. The van der Waals surface area contributed by atoms with Crippen LogP contribution in [0.1, 0.15) is 0 Å². The first kappa shape index (κ1) is 25.4. The number of aromatic nitrogens is 4. The van der Waals surface area contributed by atoms with E-state index in [1.54, 1.807) is 11.3 Å². The van der Waals surface area contributed by atoms with Gasteiger partial charge in [-0.25, -0.2) is 4.98 Å². The van der Waals surface area contributed by atoms with Crippen LogP contribution in [-0.4, -0.2) is 19.5 Å². The maximum Gasteiger partial charge on any atom is 0.238 e. The van der Waals surface area contributed by atoms with E-state index in [1.807, 2.05) is 0 Å². The van der Waals surface area contributed by atoms with Crippen molar-refractivity contribution in [3.05, 3.63) is 146 Å². The molecule has 7 aromatic carbocycles. The summed E-state index contributed by atoms with van der Waals surface area (Å²) in [4.78, 5) is 15.7. The van der Waals surface area contributed by atoms with Gasteiger partial charge in [-0.05, 0) is 45.8 Å². The Morgan fingerprint density at radius 2 is 1.11 bits per heavy atom. The molecule has 0 unspecified atom stereocenters. The van der Waals surface area contributed by atoms with E-state index in [1.165, 1.54) is 41.7 Å². The fourth-order valence-electron chi connectivity index (χ4n) is 6.95. The molecule has 10 rings (SSSR count). The first-order valence-electron chi connectivity index (χ1n) is 15.4. The number of hydrogen-bond donors (Lipinski definition) is 0. The summed E-state index contributed by atoms with van der Waals surface area (Å²) in [5, 5.41) is 9.60.